The number of hydrogen-bond donors (Lipinski definition) is 0. The molecule has 150 valence electrons. The lowest BCUT2D eigenvalue weighted by Crippen LogP contribution is -2.43. The molecule has 0 saturated carbocycles. The molecule has 0 saturated heterocycles. The van der Waals surface area contributed by atoms with Crippen molar-refractivity contribution in [2.24, 2.45) is 0 Å². The second kappa shape index (κ2) is 6.89. The predicted molar refractivity (Wildman–Crippen MR) is 111 cm³/mol. The Morgan fingerprint density at radius 2 is 1.97 bits per heavy atom. The van der Waals surface area contributed by atoms with Crippen LogP contribution in [0.4, 0.5) is 4.39 Å². The van der Waals surface area contributed by atoms with Gasteiger partial charge >= 0.3 is 0 Å². The molecule has 2 aromatic carbocycles. The maximum Gasteiger partial charge on any atom is 0.236 e. The van der Waals surface area contributed by atoms with Crippen LogP contribution in [0.1, 0.15) is 51.5 Å². The maximum absolute atomic E-state index is 13.1. The molecule has 0 N–H and O–H groups in total. The first kappa shape index (κ1) is 18.7. The molecule has 2 aliphatic heterocycles. The summed E-state index contributed by atoms with van der Waals surface area (Å²) in [6.45, 7) is 3.70. The summed E-state index contributed by atoms with van der Waals surface area (Å²) in [6.07, 6.45) is 3.66. The molecule has 2 atom stereocenters. The van der Waals surface area contributed by atoms with Gasteiger partial charge in [0.25, 0.3) is 0 Å². The Bertz CT molecular complexity index is 1190. The van der Waals surface area contributed by atoms with Crippen LogP contribution in [0.3, 0.4) is 0 Å². The molecule has 4 nitrogen and oxygen atoms in total. The van der Waals surface area contributed by atoms with E-state index < -0.39 is 5.79 Å². The number of pyridine rings is 1. The molecule has 5 rings (SSSR count). The largest absolute Gasteiger partial charge is 0.458 e. The van der Waals surface area contributed by atoms with Crippen LogP contribution in [0.2, 0.25) is 0 Å². The molecule has 0 radical (unpaired) electrons. The number of para-hydroxylation sites is 1. The van der Waals surface area contributed by atoms with Crippen molar-refractivity contribution in [3.05, 3.63) is 100 Å². The van der Waals surface area contributed by atoms with Gasteiger partial charge in [-0.3, -0.25) is 9.78 Å². The smallest absolute Gasteiger partial charge is 0.236 e. The number of hydrogen-bond acceptors (Lipinski definition) is 4. The lowest BCUT2D eigenvalue weighted by Gasteiger charge is -2.44. The summed E-state index contributed by atoms with van der Waals surface area (Å²) >= 11 is 0. The number of nitrogens with zero attached hydrogens (tertiary/aromatic N) is 1. The maximum atomic E-state index is 13.1. The number of ketones is 1. The number of ether oxygens (including phenoxy) is 2. The molecule has 1 aromatic heterocycles. The van der Waals surface area contributed by atoms with Gasteiger partial charge in [-0.25, -0.2) is 4.39 Å². The zero-order valence-corrected chi connectivity index (χ0v) is 16.7. The van der Waals surface area contributed by atoms with E-state index in [4.69, 9.17) is 14.5 Å². The number of aromatic nitrogens is 1. The minimum atomic E-state index is -0.997. The van der Waals surface area contributed by atoms with E-state index in [-0.39, 0.29) is 17.7 Å². The van der Waals surface area contributed by atoms with E-state index in [0.29, 0.717) is 17.7 Å². The summed E-state index contributed by atoms with van der Waals surface area (Å²) in [6, 6.07) is 15.7. The Morgan fingerprint density at radius 1 is 1.20 bits per heavy atom. The van der Waals surface area contributed by atoms with Gasteiger partial charge in [-0.1, -0.05) is 36.4 Å². The summed E-state index contributed by atoms with van der Waals surface area (Å²) < 4.78 is 25.5. The van der Waals surface area contributed by atoms with Crippen molar-refractivity contribution in [2.45, 2.75) is 32.2 Å². The van der Waals surface area contributed by atoms with Crippen molar-refractivity contribution in [1.82, 2.24) is 4.98 Å². The van der Waals surface area contributed by atoms with Gasteiger partial charge in [0, 0.05) is 35.7 Å². The normalized spacial score (nSPS) is 21.6. The molecule has 0 spiro atoms. The minimum absolute atomic E-state index is 0.126. The lowest BCUT2D eigenvalue weighted by molar-refractivity contribution is -0.236. The second-order valence-corrected chi connectivity index (χ2v) is 7.76. The van der Waals surface area contributed by atoms with Crippen molar-refractivity contribution in [3.63, 3.8) is 0 Å². The number of fused-ring (bicyclic) bond motifs is 6. The van der Waals surface area contributed by atoms with Crippen LogP contribution in [0.15, 0.2) is 60.7 Å². The van der Waals surface area contributed by atoms with Gasteiger partial charge in [-0.05, 0) is 42.8 Å². The van der Waals surface area contributed by atoms with Gasteiger partial charge in [-0.2, -0.15) is 0 Å². The van der Waals surface area contributed by atoms with Crippen molar-refractivity contribution < 1.29 is 18.7 Å². The zero-order chi connectivity index (χ0) is 20.9. The monoisotopic (exact) mass is 401 g/mol. The fourth-order valence-electron chi connectivity index (χ4n) is 4.14. The number of rotatable bonds is 3. The molecule has 3 heterocycles. The first-order valence-electron chi connectivity index (χ1n) is 9.88. The molecule has 0 amide bonds. The van der Waals surface area contributed by atoms with Gasteiger partial charge in [0.2, 0.25) is 5.79 Å². The van der Waals surface area contributed by atoms with E-state index in [1.165, 1.54) is 18.2 Å². The Labute approximate surface area is 174 Å². The highest BCUT2D eigenvalue weighted by molar-refractivity contribution is 6.07. The van der Waals surface area contributed by atoms with E-state index in [9.17, 15) is 9.18 Å². The summed E-state index contributed by atoms with van der Waals surface area (Å²) in [7, 11) is 0. The Kier molecular flexibility index (Phi) is 4.29. The van der Waals surface area contributed by atoms with Crippen LogP contribution in [-0.4, -0.2) is 10.8 Å². The highest BCUT2D eigenvalue weighted by atomic mass is 19.1. The molecule has 30 heavy (non-hydrogen) atoms. The van der Waals surface area contributed by atoms with Crippen LogP contribution in [0.25, 0.3) is 6.08 Å². The fourth-order valence-corrected chi connectivity index (χ4v) is 4.14. The van der Waals surface area contributed by atoms with Gasteiger partial charge in [0.05, 0.1) is 11.8 Å². The van der Waals surface area contributed by atoms with E-state index >= 15 is 0 Å². The fraction of sp³-hybridized carbons (Fsp3) is 0.200. The number of aryl methyl sites for hydroxylation is 1. The van der Waals surface area contributed by atoms with E-state index in [1.807, 2.05) is 44.2 Å². The number of carbonyl (C=O) groups excluding carboxylic acids is 1. The third-order valence-corrected chi connectivity index (χ3v) is 5.66. The molecule has 0 fully saturated rings. The quantitative estimate of drug-likeness (QED) is 0.441. The Balaban J connectivity index is 1.50. The molecule has 2 unspecified atom stereocenters. The average Bonchev–Trinajstić information content (AvgIpc) is 2.72. The van der Waals surface area contributed by atoms with Crippen molar-refractivity contribution in [3.8, 4) is 5.75 Å². The number of carbonyl (C=O) groups is 1. The third kappa shape index (κ3) is 3.12. The molecule has 2 aliphatic rings. The van der Waals surface area contributed by atoms with Gasteiger partial charge < -0.3 is 9.47 Å². The number of allylic oxidation sites excluding steroid dienone is 1. The van der Waals surface area contributed by atoms with E-state index in [2.05, 4.69) is 0 Å². The van der Waals surface area contributed by atoms with Crippen LogP contribution in [0, 0.1) is 12.7 Å². The van der Waals surface area contributed by atoms with Crippen molar-refractivity contribution in [1.29, 1.82) is 0 Å². The number of benzene rings is 2. The average molecular weight is 401 g/mol. The summed E-state index contributed by atoms with van der Waals surface area (Å²) in [5, 5.41) is 0. The highest BCUT2D eigenvalue weighted by Gasteiger charge is 2.46. The predicted octanol–water partition coefficient (Wildman–Crippen LogP) is 5.30. The van der Waals surface area contributed by atoms with Gasteiger partial charge in [0.1, 0.15) is 11.6 Å². The van der Waals surface area contributed by atoms with Crippen molar-refractivity contribution >= 4 is 11.9 Å². The second-order valence-electron chi connectivity index (χ2n) is 7.76. The van der Waals surface area contributed by atoms with Crippen LogP contribution in [-0.2, 0) is 16.9 Å². The Morgan fingerprint density at radius 3 is 2.77 bits per heavy atom. The summed E-state index contributed by atoms with van der Waals surface area (Å²) in [5.74, 6) is -0.683. The molecular weight excluding hydrogens is 381 g/mol. The third-order valence-electron chi connectivity index (χ3n) is 5.66. The van der Waals surface area contributed by atoms with Crippen molar-refractivity contribution in [2.75, 3.05) is 0 Å². The summed E-state index contributed by atoms with van der Waals surface area (Å²) in [4.78, 5) is 17.6. The van der Waals surface area contributed by atoms with Gasteiger partial charge in [0.15, 0.2) is 5.78 Å². The first-order chi connectivity index (χ1) is 14.4. The van der Waals surface area contributed by atoms with Crippen LogP contribution in [0.5, 0.6) is 5.75 Å². The molecule has 5 heteroatoms. The van der Waals surface area contributed by atoms with Crippen LogP contribution >= 0.6 is 0 Å². The summed E-state index contributed by atoms with van der Waals surface area (Å²) in [5.41, 5.74) is 4.59. The minimum Gasteiger partial charge on any atom is -0.458 e. The van der Waals surface area contributed by atoms with E-state index in [0.717, 1.165) is 28.1 Å². The number of halogens is 1. The van der Waals surface area contributed by atoms with Crippen LogP contribution < -0.4 is 4.74 Å². The van der Waals surface area contributed by atoms with Gasteiger partial charge in [-0.15, -0.1) is 0 Å². The first-order valence-corrected chi connectivity index (χ1v) is 9.88. The Hall–Kier alpha value is -3.31. The SMILES string of the molecule is Cc1nc2c(cc1C(=O)/C=C/c1ccc(F)cc1)C1(C)Oc3ccccc3C(C2)O1. The standard InChI is InChI=1S/C25H20FNO3/c1-15-19(22(28)12-9-16-7-10-17(26)11-8-16)13-20-21(27-15)14-24-18-5-3-4-6-23(18)29-25(20,2)30-24/h3-13,24H,14H2,1-2H3/b12-9+. The molecular formula is C25H20FNO3. The topological polar surface area (TPSA) is 48.4 Å². The lowest BCUT2D eigenvalue weighted by atomic mass is 9.89. The highest BCUT2D eigenvalue weighted by Crippen LogP contribution is 2.49. The molecule has 3 aromatic rings. The van der Waals surface area contributed by atoms with E-state index in [1.54, 1.807) is 18.2 Å². The molecule has 0 aliphatic carbocycles. The zero-order valence-electron chi connectivity index (χ0n) is 16.7. The molecule has 2 bridgehead atoms.